The van der Waals surface area contributed by atoms with Gasteiger partial charge in [0, 0.05) is 19.6 Å². The quantitative estimate of drug-likeness (QED) is 0.272. The Hall–Kier alpha value is -2.11. The summed E-state index contributed by atoms with van der Waals surface area (Å²) in [4.78, 5) is 40.2. The van der Waals surface area contributed by atoms with Crippen LogP contribution in [0.15, 0.2) is 21.5 Å². The second-order valence-electron chi connectivity index (χ2n) is 7.42. The van der Waals surface area contributed by atoms with E-state index in [0.717, 1.165) is 32.4 Å². The van der Waals surface area contributed by atoms with E-state index in [1.54, 1.807) is 18.2 Å². The van der Waals surface area contributed by atoms with Crippen LogP contribution in [0, 0.1) is 0 Å². The van der Waals surface area contributed by atoms with Gasteiger partial charge >= 0.3 is 5.97 Å². The number of benzene rings is 1. The molecule has 8 nitrogen and oxygen atoms in total. The zero-order valence-corrected chi connectivity index (χ0v) is 21.6. The van der Waals surface area contributed by atoms with Crippen molar-refractivity contribution in [2.45, 2.75) is 25.7 Å². The maximum Gasteiger partial charge on any atom is 0.307 e. The van der Waals surface area contributed by atoms with Gasteiger partial charge in [-0.05, 0) is 59.0 Å². The zero-order chi connectivity index (χ0) is 24.0. The van der Waals surface area contributed by atoms with Gasteiger partial charge in [0.1, 0.15) is 4.32 Å². The summed E-state index contributed by atoms with van der Waals surface area (Å²) in [6.45, 7) is 1.61. The number of rotatable bonds is 8. The summed E-state index contributed by atoms with van der Waals surface area (Å²) in [6, 6.07) is 3.51. The second kappa shape index (κ2) is 11.8. The van der Waals surface area contributed by atoms with Gasteiger partial charge in [0.2, 0.25) is 0 Å². The van der Waals surface area contributed by atoms with Crippen LogP contribution in [0.1, 0.15) is 31.2 Å². The zero-order valence-electron chi connectivity index (χ0n) is 18.4. The lowest BCUT2D eigenvalue weighted by Gasteiger charge is -2.26. The van der Waals surface area contributed by atoms with Crippen LogP contribution >= 0.6 is 39.9 Å². The molecule has 0 spiro atoms. The highest BCUT2D eigenvalue weighted by atomic mass is 79.9. The van der Waals surface area contributed by atoms with E-state index in [1.807, 2.05) is 4.90 Å². The van der Waals surface area contributed by atoms with E-state index in [0.29, 0.717) is 30.8 Å². The Morgan fingerprint density at radius 3 is 2.61 bits per heavy atom. The minimum Gasteiger partial charge on any atom is -0.493 e. The van der Waals surface area contributed by atoms with Crippen LogP contribution in [0.2, 0.25) is 0 Å². The monoisotopic (exact) mass is 556 g/mol. The number of halogens is 1. The molecule has 2 aliphatic heterocycles. The van der Waals surface area contributed by atoms with Crippen molar-refractivity contribution in [2.24, 2.45) is 0 Å². The fourth-order valence-corrected chi connectivity index (χ4v) is 5.36. The van der Waals surface area contributed by atoms with Crippen molar-refractivity contribution in [3.05, 3.63) is 27.1 Å². The Morgan fingerprint density at radius 1 is 1.21 bits per heavy atom. The summed E-state index contributed by atoms with van der Waals surface area (Å²) < 4.78 is 16.9. The Labute approximate surface area is 210 Å². The van der Waals surface area contributed by atoms with Crippen LogP contribution in [-0.2, 0) is 19.1 Å². The fourth-order valence-electron chi connectivity index (χ4n) is 3.48. The molecule has 11 heteroatoms. The van der Waals surface area contributed by atoms with Gasteiger partial charge in [-0.2, -0.15) is 0 Å². The van der Waals surface area contributed by atoms with Crippen molar-refractivity contribution in [1.82, 2.24) is 9.80 Å². The lowest BCUT2D eigenvalue weighted by atomic mass is 10.1. The summed E-state index contributed by atoms with van der Waals surface area (Å²) in [7, 11) is 2.81. The number of carbonyl (C=O) groups is 3. The largest absolute Gasteiger partial charge is 0.493 e. The highest BCUT2D eigenvalue weighted by Gasteiger charge is 2.32. The van der Waals surface area contributed by atoms with E-state index in [4.69, 9.17) is 21.7 Å². The number of carbonyl (C=O) groups excluding carboxylic acids is 3. The first-order valence-corrected chi connectivity index (χ1v) is 12.5. The van der Waals surface area contributed by atoms with Crippen LogP contribution in [0.3, 0.4) is 0 Å². The van der Waals surface area contributed by atoms with Crippen molar-refractivity contribution >= 4 is 68.1 Å². The molecule has 0 N–H and O–H groups in total. The van der Waals surface area contributed by atoms with Gasteiger partial charge < -0.3 is 19.1 Å². The van der Waals surface area contributed by atoms with Crippen LogP contribution in [-0.4, -0.2) is 72.4 Å². The van der Waals surface area contributed by atoms with Crippen LogP contribution < -0.4 is 9.47 Å². The molecule has 0 atom stereocenters. The minimum atomic E-state index is -0.406. The molecule has 1 aromatic rings. The molecule has 2 fully saturated rings. The van der Waals surface area contributed by atoms with E-state index in [-0.39, 0.29) is 31.4 Å². The third-order valence-electron chi connectivity index (χ3n) is 5.24. The maximum atomic E-state index is 12.7. The molecule has 1 aromatic carbocycles. The van der Waals surface area contributed by atoms with Crippen LogP contribution in [0.4, 0.5) is 0 Å². The van der Waals surface area contributed by atoms with Gasteiger partial charge in [0.15, 0.2) is 18.1 Å². The molecule has 0 aliphatic carbocycles. The lowest BCUT2D eigenvalue weighted by Crippen LogP contribution is -2.38. The number of esters is 1. The molecule has 178 valence electrons. The Kier molecular flexibility index (Phi) is 9.16. The van der Waals surface area contributed by atoms with Crippen molar-refractivity contribution in [2.75, 3.05) is 40.5 Å². The third kappa shape index (κ3) is 6.48. The summed E-state index contributed by atoms with van der Waals surface area (Å²) in [5.41, 5.74) is 0.696. The van der Waals surface area contributed by atoms with Gasteiger partial charge in [0.25, 0.3) is 11.8 Å². The summed E-state index contributed by atoms with van der Waals surface area (Å²) >= 11 is 9.94. The topological polar surface area (TPSA) is 85.4 Å². The first kappa shape index (κ1) is 25.5. The molecule has 2 aliphatic rings. The van der Waals surface area contributed by atoms with Gasteiger partial charge in [-0.15, -0.1) is 0 Å². The average molecular weight is 557 g/mol. The SMILES string of the molecule is COC(=O)CCN1C(=O)/C(=C\c2cc(Br)c(OCC(=O)N3CCCCC3)c(OC)c2)SC1=S. The van der Waals surface area contributed by atoms with Gasteiger partial charge in [-0.25, -0.2) is 0 Å². The normalized spacial score (nSPS) is 17.5. The van der Waals surface area contributed by atoms with Crippen molar-refractivity contribution in [3.8, 4) is 11.5 Å². The molecular weight excluding hydrogens is 532 g/mol. The number of ether oxygens (including phenoxy) is 3. The van der Waals surface area contributed by atoms with Gasteiger partial charge in [-0.1, -0.05) is 24.0 Å². The number of nitrogens with zero attached hydrogens (tertiary/aromatic N) is 2. The molecule has 0 aromatic heterocycles. The molecule has 0 radical (unpaired) electrons. The Bertz CT molecular complexity index is 978. The van der Waals surface area contributed by atoms with Crippen LogP contribution in [0.25, 0.3) is 6.08 Å². The highest BCUT2D eigenvalue weighted by molar-refractivity contribution is 9.10. The van der Waals surface area contributed by atoms with Crippen molar-refractivity contribution < 1.29 is 28.6 Å². The summed E-state index contributed by atoms with van der Waals surface area (Å²) in [5, 5.41) is 0. The molecule has 0 saturated carbocycles. The molecular formula is C22H25BrN2O6S2. The number of hydrogen-bond acceptors (Lipinski definition) is 8. The Balaban J connectivity index is 1.71. The minimum absolute atomic E-state index is 0.0524. The molecule has 2 saturated heterocycles. The number of methoxy groups -OCH3 is 2. The summed E-state index contributed by atoms with van der Waals surface area (Å²) in [6.07, 6.45) is 4.95. The number of thioether (sulfide) groups is 1. The smallest absolute Gasteiger partial charge is 0.307 e. The lowest BCUT2D eigenvalue weighted by molar-refractivity contribution is -0.141. The molecule has 33 heavy (non-hydrogen) atoms. The molecule has 0 bridgehead atoms. The van der Waals surface area contributed by atoms with Crippen LogP contribution in [0.5, 0.6) is 11.5 Å². The third-order valence-corrected chi connectivity index (χ3v) is 7.21. The van der Waals surface area contributed by atoms with E-state index in [9.17, 15) is 14.4 Å². The van der Waals surface area contributed by atoms with E-state index >= 15 is 0 Å². The first-order chi connectivity index (χ1) is 15.8. The average Bonchev–Trinajstić information content (AvgIpc) is 3.08. The second-order valence-corrected chi connectivity index (χ2v) is 9.95. The number of piperidine rings is 1. The maximum absolute atomic E-state index is 12.7. The molecule has 2 heterocycles. The van der Waals surface area contributed by atoms with Crippen molar-refractivity contribution in [1.29, 1.82) is 0 Å². The number of hydrogen-bond donors (Lipinski definition) is 0. The standard InChI is InChI=1S/C22H25BrN2O6S2/c1-29-16-11-14(12-17-21(28)25(22(32)33-17)9-6-19(27)30-2)10-15(23)20(16)31-13-18(26)24-7-4-3-5-8-24/h10-12H,3-9,13H2,1-2H3/b17-12+. The fraction of sp³-hybridized carbons (Fsp3) is 0.455. The molecule has 2 amide bonds. The highest BCUT2D eigenvalue weighted by Crippen LogP contribution is 2.39. The first-order valence-electron chi connectivity index (χ1n) is 10.4. The van der Waals surface area contributed by atoms with E-state index in [2.05, 4.69) is 20.7 Å². The summed E-state index contributed by atoms with van der Waals surface area (Å²) in [5.74, 6) is 0.129. The number of thiocarbonyl (C=S) groups is 1. The predicted octanol–water partition coefficient (Wildman–Crippen LogP) is 3.61. The molecule has 0 unspecified atom stereocenters. The van der Waals surface area contributed by atoms with E-state index < -0.39 is 5.97 Å². The predicted molar refractivity (Wildman–Crippen MR) is 133 cm³/mol. The van der Waals surface area contributed by atoms with E-state index in [1.165, 1.54) is 30.9 Å². The number of likely N-dealkylation sites (tertiary alicyclic amines) is 1. The van der Waals surface area contributed by atoms with Gasteiger partial charge in [0.05, 0.1) is 30.0 Å². The van der Waals surface area contributed by atoms with Crippen molar-refractivity contribution in [3.63, 3.8) is 0 Å². The Morgan fingerprint density at radius 2 is 1.94 bits per heavy atom. The number of amides is 2. The van der Waals surface area contributed by atoms with Gasteiger partial charge in [-0.3, -0.25) is 19.3 Å². The molecule has 3 rings (SSSR count).